The lowest BCUT2D eigenvalue weighted by atomic mass is 9.95. The van der Waals surface area contributed by atoms with Gasteiger partial charge in [-0.2, -0.15) is 0 Å². The van der Waals surface area contributed by atoms with Crippen LogP contribution >= 0.6 is 0 Å². The summed E-state index contributed by atoms with van der Waals surface area (Å²) in [6.45, 7) is 4.27. The van der Waals surface area contributed by atoms with Crippen LogP contribution in [0.25, 0.3) is 0 Å². The number of rotatable bonds is 2. The summed E-state index contributed by atoms with van der Waals surface area (Å²) >= 11 is 0. The highest BCUT2D eigenvalue weighted by molar-refractivity contribution is 5.94. The lowest BCUT2D eigenvalue weighted by Gasteiger charge is -2.36. The molecule has 1 atom stereocenters. The van der Waals surface area contributed by atoms with Crippen molar-refractivity contribution < 1.29 is 19.8 Å². The van der Waals surface area contributed by atoms with Gasteiger partial charge in [0.1, 0.15) is 0 Å². The molecule has 0 bridgehead atoms. The molecule has 6 nitrogen and oxygen atoms in total. The molecule has 1 unspecified atom stereocenters. The number of urea groups is 1. The van der Waals surface area contributed by atoms with Crippen LogP contribution in [0.1, 0.15) is 35.7 Å². The molecule has 1 fully saturated rings. The Kier molecular flexibility index (Phi) is 4.18. The van der Waals surface area contributed by atoms with Gasteiger partial charge in [-0.25, -0.2) is 9.59 Å². The van der Waals surface area contributed by atoms with Crippen molar-refractivity contribution >= 4 is 17.7 Å². The number of anilines is 1. The maximum absolute atomic E-state index is 12.2. The molecule has 2 rings (SSSR count). The van der Waals surface area contributed by atoms with Crippen LogP contribution in [0.3, 0.4) is 0 Å². The van der Waals surface area contributed by atoms with E-state index in [2.05, 4.69) is 5.32 Å². The molecule has 0 radical (unpaired) electrons. The molecule has 21 heavy (non-hydrogen) atoms. The third-order valence-electron chi connectivity index (χ3n) is 3.68. The van der Waals surface area contributed by atoms with Gasteiger partial charge < -0.3 is 20.4 Å². The molecule has 1 aliphatic heterocycles. The van der Waals surface area contributed by atoms with Gasteiger partial charge in [-0.05, 0) is 44.4 Å². The predicted molar refractivity (Wildman–Crippen MR) is 78.6 cm³/mol. The normalized spacial score (nSPS) is 22.0. The van der Waals surface area contributed by atoms with E-state index in [9.17, 15) is 14.7 Å². The largest absolute Gasteiger partial charge is 0.478 e. The number of aryl methyl sites for hydroxylation is 1. The number of carboxylic acids is 1. The van der Waals surface area contributed by atoms with Crippen LogP contribution in [-0.2, 0) is 0 Å². The zero-order valence-electron chi connectivity index (χ0n) is 12.2. The molecule has 1 aromatic rings. The van der Waals surface area contributed by atoms with Crippen molar-refractivity contribution in [2.75, 3.05) is 18.4 Å². The molecule has 0 spiro atoms. The van der Waals surface area contributed by atoms with Crippen LogP contribution < -0.4 is 5.32 Å². The summed E-state index contributed by atoms with van der Waals surface area (Å²) in [4.78, 5) is 24.8. The Morgan fingerprint density at radius 1 is 1.38 bits per heavy atom. The Labute approximate surface area is 123 Å². The van der Waals surface area contributed by atoms with E-state index in [1.165, 1.54) is 6.07 Å². The molecule has 1 saturated heterocycles. The standard InChI is InChI=1S/C15H20N2O4/c1-10-4-5-11(8-12(10)13(18)19)16-14(20)17-7-3-6-15(2,21)9-17/h4-5,8,21H,3,6-7,9H2,1-2H3,(H,16,20)(H,18,19). The fraction of sp³-hybridized carbons (Fsp3) is 0.467. The van der Waals surface area contributed by atoms with Gasteiger partial charge in [-0.15, -0.1) is 0 Å². The fourth-order valence-corrected chi connectivity index (χ4v) is 2.53. The molecule has 114 valence electrons. The van der Waals surface area contributed by atoms with Crippen LogP contribution in [0.15, 0.2) is 18.2 Å². The maximum atomic E-state index is 12.2. The first-order chi connectivity index (χ1) is 9.78. The number of aliphatic hydroxyl groups is 1. The maximum Gasteiger partial charge on any atom is 0.336 e. The van der Waals surface area contributed by atoms with Gasteiger partial charge in [-0.3, -0.25) is 0 Å². The van der Waals surface area contributed by atoms with Crippen molar-refractivity contribution in [1.29, 1.82) is 0 Å². The van der Waals surface area contributed by atoms with E-state index in [0.717, 1.165) is 6.42 Å². The van der Waals surface area contributed by atoms with E-state index in [4.69, 9.17) is 5.11 Å². The molecule has 1 aromatic carbocycles. The first-order valence-electron chi connectivity index (χ1n) is 6.91. The lowest BCUT2D eigenvalue weighted by molar-refractivity contribution is -0.000636. The number of carboxylic acid groups (broad SMARTS) is 1. The van der Waals surface area contributed by atoms with Crippen LogP contribution in [0.2, 0.25) is 0 Å². The predicted octanol–water partition coefficient (Wildman–Crippen LogP) is 2.07. The Morgan fingerprint density at radius 2 is 2.10 bits per heavy atom. The molecule has 2 amide bonds. The second-order valence-electron chi connectivity index (χ2n) is 5.79. The molecule has 6 heteroatoms. The zero-order valence-corrected chi connectivity index (χ0v) is 12.2. The number of hydrogen-bond acceptors (Lipinski definition) is 3. The van der Waals surface area contributed by atoms with Gasteiger partial charge in [0.2, 0.25) is 0 Å². The van der Waals surface area contributed by atoms with Crippen molar-refractivity contribution in [1.82, 2.24) is 4.90 Å². The SMILES string of the molecule is Cc1ccc(NC(=O)N2CCCC(C)(O)C2)cc1C(=O)O. The molecule has 3 N–H and O–H groups in total. The quantitative estimate of drug-likeness (QED) is 0.778. The molecular weight excluding hydrogens is 272 g/mol. The molecule has 0 saturated carbocycles. The number of hydrogen-bond donors (Lipinski definition) is 3. The van der Waals surface area contributed by atoms with Gasteiger partial charge in [0, 0.05) is 12.2 Å². The monoisotopic (exact) mass is 292 g/mol. The number of piperidine rings is 1. The van der Waals surface area contributed by atoms with Crippen molar-refractivity contribution in [3.63, 3.8) is 0 Å². The van der Waals surface area contributed by atoms with Gasteiger partial charge in [-0.1, -0.05) is 6.07 Å². The summed E-state index contributed by atoms with van der Waals surface area (Å²) in [6.07, 6.45) is 1.42. The first-order valence-corrected chi connectivity index (χ1v) is 6.91. The third kappa shape index (κ3) is 3.72. The summed E-state index contributed by atoms with van der Waals surface area (Å²) in [6, 6.07) is 4.44. The summed E-state index contributed by atoms with van der Waals surface area (Å²) in [5, 5.41) is 21.8. The minimum atomic E-state index is -1.02. The Morgan fingerprint density at radius 3 is 2.71 bits per heavy atom. The van der Waals surface area contributed by atoms with Crippen molar-refractivity contribution in [3.05, 3.63) is 29.3 Å². The number of β-amino-alcohol motifs (C(OH)–C–C–N with tert-alkyl or cyclic N) is 1. The molecule has 1 heterocycles. The zero-order chi connectivity index (χ0) is 15.6. The highest BCUT2D eigenvalue weighted by Crippen LogP contribution is 2.21. The summed E-state index contributed by atoms with van der Waals surface area (Å²) in [5.41, 5.74) is 0.378. The van der Waals surface area contributed by atoms with Crippen molar-refractivity contribution in [3.8, 4) is 0 Å². The summed E-state index contributed by atoms with van der Waals surface area (Å²) in [7, 11) is 0. The van der Waals surface area contributed by atoms with E-state index in [1.54, 1.807) is 30.9 Å². The van der Waals surface area contributed by atoms with Crippen LogP contribution in [0.4, 0.5) is 10.5 Å². The average Bonchev–Trinajstić information content (AvgIpc) is 2.39. The second kappa shape index (κ2) is 5.73. The minimum Gasteiger partial charge on any atom is -0.478 e. The number of likely N-dealkylation sites (tertiary alicyclic amines) is 1. The van der Waals surface area contributed by atoms with E-state index in [-0.39, 0.29) is 18.1 Å². The minimum absolute atomic E-state index is 0.165. The van der Waals surface area contributed by atoms with E-state index in [0.29, 0.717) is 24.2 Å². The first kappa shape index (κ1) is 15.3. The number of nitrogens with zero attached hydrogens (tertiary/aromatic N) is 1. The van der Waals surface area contributed by atoms with Crippen LogP contribution in [0, 0.1) is 6.92 Å². The smallest absolute Gasteiger partial charge is 0.336 e. The molecule has 0 aliphatic carbocycles. The van der Waals surface area contributed by atoms with Crippen molar-refractivity contribution in [2.24, 2.45) is 0 Å². The third-order valence-corrected chi connectivity index (χ3v) is 3.68. The van der Waals surface area contributed by atoms with E-state index < -0.39 is 11.6 Å². The van der Waals surface area contributed by atoms with E-state index >= 15 is 0 Å². The number of amides is 2. The Bertz CT molecular complexity index is 569. The van der Waals surface area contributed by atoms with E-state index in [1.807, 2.05) is 0 Å². The number of benzene rings is 1. The molecule has 0 aromatic heterocycles. The number of nitrogens with one attached hydrogen (secondary N) is 1. The topological polar surface area (TPSA) is 89.9 Å². The van der Waals surface area contributed by atoms with Crippen molar-refractivity contribution in [2.45, 2.75) is 32.3 Å². The second-order valence-corrected chi connectivity index (χ2v) is 5.79. The van der Waals surface area contributed by atoms with Crippen LogP contribution in [0.5, 0.6) is 0 Å². The number of carbonyl (C=O) groups excluding carboxylic acids is 1. The average molecular weight is 292 g/mol. The lowest BCUT2D eigenvalue weighted by Crippen LogP contribution is -2.49. The van der Waals surface area contributed by atoms with Gasteiger partial charge in [0.25, 0.3) is 0 Å². The van der Waals surface area contributed by atoms with Gasteiger partial charge in [0.15, 0.2) is 0 Å². The number of aromatic carboxylic acids is 1. The molecule has 1 aliphatic rings. The summed E-state index contributed by atoms with van der Waals surface area (Å²) < 4.78 is 0. The number of carbonyl (C=O) groups is 2. The highest BCUT2D eigenvalue weighted by Gasteiger charge is 2.30. The highest BCUT2D eigenvalue weighted by atomic mass is 16.4. The molecular formula is C15H20N2O4. The Hall–Kier alpha value is -2.08. The Balaban J connectivity index is 2.09. The van der Waals surface area contributed by atoms with Crippen LogP contribution in [-0.4, -0.2) is 45.8 Å². The summed E-state index contributed by atoms with van der Waals surface area (Å²) in [5.74, 6) is -1.02. The fourth-order valence-electron chi connectivity index (χ4n) is 2.53. The van der Waals surface area contributed by atoms with Gasteiger partial charge >= 0.3 is 12.0 Å². The van der Waals surface area contributed by atoms with Gasteiger partial charge in [0.05, 0.1) is 17.7 Å².